The highest BCUT2D eigenvalue weighted by atomic mass is 16.5. The molecule has 1 saturated carbocycles. The van der Waals surface area contributed by atoms with Gasteiger partial charge in [-0.3, -0.25) is 4.79 Å². The number of pyridine rings is 1. The Morgan fingerprint density at radius 1 is 1.04 bits per heavy atom. The van der Waals surface area contributed by atoms with Gasteiger partial charge in [0.05, 0.1) is 30.2 Å². The third-order valence-corrected chi connectivity index (χ3v) is 4.80. The Hall–Kier alpha value is -2.89. The number of esters is 1. The van der Waals surface area contributed by atoms with Gasteiger partial charge in [0.15, 0.2) is 0 Å². The number of carbonyl (C=O) groups excluding carboxylic acids is 2. The molecular weight excluding hydrogens is 342 g/mol. The van der Waals surface area contributed by atoms with Crippen LogP contribution in [0.3, 0.4) is 0 Å². The number of benzene rings is 1. The lowest BCUT2D eigenvalue weighted by molar-refractivity contribution is 0.0601. The SMILES string of the molecule is COC(=O)c1ccccc1Nc1ccc(C(=O)NC2CCCCCC2)nc1. The fraction of sp³-hybridized carbons (Fsp3) is 0.381. The monoisotopic (exact) mass is 367 g/mol. The molecule has 1 aliphatic rings. The van der Waals surface area contributed by atoms with Crippen molar-refractivity contribution in [2.24, 2.45) is 0 Å². The van der Waals surface area contributed by atoms with Gasteiger partial charge in [0, 0.05) is 6.04 Å². The van der Waals surface area contributed by atoms with Crippen molar-refractivity contribution in [2.45, 2.75) is 44.6 Å². The number of nitrogens with zero attached hydrogens (tertiary/aromatic N) is 1. The standard InChI is InChI=1S/C21H25N3O3/c1-27-21(26)17-10-6-7-11-18(17)23-16-12-13-19(22-14-16)20(25)24-15-8-4-2-3-5-9-15/h6-7,10-15,23H,2-5,8-9H2,1H3,(H,24,25). The van der Waals surface area contributed by atoms with Crippen molar-refractivity contribution in [1.82, 2.24) is 10.3 Å². The summed E-state index contributed by atoms with van der Waals surface area (Å²) in [6.07, 6.45) is 8.50. The average molecular weight is 367 g/mol. The molecule has 0 aliphatic heterocycles. The Labute approximate surface area is 159 Å². The highest BCUT2D eigenvalue weighted by Gasteiger charge is 2.17. The molecule has 6 heteroatoms. The van der Waals surface area contributed by atoms with Gasteiger partial charge in [-0.2, -0.15) is 0 Å². The number of aromatic nitrogens is 1. The second kappa shape index (κ2) is 9.16. The molecule has 0 radical (unpaired) electrons. The summed E-state index contributed by atoms with van der Waals surface area (Å²) in [5.74, 6) is -0.547. The molecule has 1 heterocycles. The van der Waals surface area contributed by atoms with E-state index >= 15 is 0 Å². The first-order valence-corrected chi connectivity index (χ1v) is 9.38. The summed E-state index contributed by atoms with van der Waals surface area (Å²) in [5.41, 5.74) is 2.15. The van der Waals surface area contributed by atoms with Gasteiger partial charge in [0.2, 0.25) is 0 Å². The predicted octanol–water partition coefficient (Wildman–Crippen LogP) is 4.06. The highest BCUT2D eigenvalue weighted by molar-refractivity contribution is 5.96. The maximum Gasteiger partial charge on any atom is 0.339 e. The minimum absolute atomic E-state index is 0.136. The quantitative estimate of drug-likeness (QED) is 0.615. The van der Waals surface area contributed by atoms with Gasteiger partial charge in [-0.25, -0.2) is 9.78 Å². The Morgan fingerprint density at radius 3 is 2.44 bits per heavy atom. The first kappa shape index (κ1) is 18.9. The predicted molar refractivity (Wildman–Crippen MR) is 104 cm³/mol. The molecule has 0 spiro atoms. The van der Waals surface area contributed by atoms with Crippen molar-refractivity contribution in [2.75, 3.05) is 12.4 Å². The van der Waals surface area contributed by atoms with Crippen molar-refractivity contribution in [3.8, 4) is 0 Å². The average Bonchev–Trinajstić information content (AvgIpc) is 2.97. The molecule has 0 atom stereocenters. The molecule has 27 heavy (non-hydrogen) atoms. The van der Waals surface area contributed by atoms with Gasteiger partial charge >= 0.3 is 5.97 Å². The molecule has 1 amide bonds. The maximum absolute atomic E-state index is 12.4. The minimum Gasteiger partial charge on any atom is -0.465 e. The van der Waals surface area contributed by atoms with Gasteiger partial charge in [-0.1, -0.05) is 37.8 Å². The van der Waals surface area contributed by atoms with Crippen LogP contribution in [0.15, 0.2) is 42.6 Å². The molecule has 6 nitrogen and oxygen atoms in total. The summed E-state index contributed by atoms with van der Waals surface area (Å²) < 4.78 is 4.80. The summed E-state index contributed by atoms with van der Waals surface area (Å²) in [4.78, 5) is 28.5. The number of hydrogen-bond donors (Lipinski definition) is 2. The molecule has 0 bridgehead atoms. The normalized spacial score (nSPS) is 14.9. The molecule has 2 aromatic rings. The van der Waals surface area contributed by atoms with E-state index in [2.05, 4.69) is 15.6 Å². The van der Waals surface area contributed by atoms with Gasteiger partial charge in [-0.15, -0.1) is 0 Å². The molecule has 2 N–H and O–H groups in total. The molecule has 3 rings (SSSR count). The maximum atomic E-state index is 12.4. The van der Waals surface area contributed by atoms with Crippen LogP contribution in [0, 0.1) is 0 Å². The number of para-hydroxylation sites is 1. The second-order valence-corrected chi connectivity index (χ2v) is 6.76. The zero-order chi connectivity index (χ0) is 19.1. The van der Waals surface area contributed by atoms with Crippen LogP contribution in [0.5, 0.6) is 0 Å². The smallest absolute Gasteiger partial charge is 0.339 e. The molecule has 1 aliphatic carbocycles. The van der Waals surface area contributed by atoms with E-state index in [1.54, 1.807) is 36.5 Å². The van der Waals surface area contributed by atoms with Crippen LogP contribution in [0.1, 0.15) is 59.4 Å². The van der Waals surface area contributed by atoms with Crippen LogP contribution in [-0.4, -0.2) is 30.0 Å². The summed E-state index contributed by atoms with van der Waals surface area (Å²) in [6, 6.07) is 10.8. The molecule has 1 fully saturated rings. The number of anilines is 2. The van der Waals surface area contributed by atoms with Gasteiger partial charge in [0.25, 0.3) is 5.91 Å². The highest BCUT2D eigenvalue weighted by Crippen LogP contribution is 2.21. The van der Waals surface area contributed by atoms with E-state index in [9.17, 15) is 9.59 Å². The Morgan fingerprint density at radius 2 is 1.78 bits per heavy atom. The first-order valence-electron chi connectivity index (χ1n) is 9.38. The number of methoxy groups -OCH3 is 1. The van der Waals surface area contributed by atoms with Crippen molar-refractivity contribution >= 4 is 23.3 Å². The fourth-order valence-corrected chi connectivity index (χ4v) is 3.32. The first-order chi connectivity index (χ1) is 13.2. The molecule has 1 aromatic heterocycles. The minimum atomic E-state index is -0.412. The zero-order valence-corrected chi connectivity index (χ0v) is 15.5. The van der Waals surface area contributed by atoms with E-state index in [1.165, 1.54) is 32.8 Å². The number of amides is 1. The third kappa shape index (κ3) is 5.06. The molecular formula is C21H25N3O3. The summed E-state index contributed by atoms with van der Waals surface area (Å²) in [5, 5.41) is 6.24. The van der Waals surface area contributed by atoms with Crippen LogP contribution in [0.4, 0.5) is 11.4 Å². The van der Waals surface area contributed by atoms with Crippen LogP contribution in [0.2, 0.25) is 0 Å². The van der Waals surface area contributed by atoms with Crippen LogP contribution in [-0.2, 0) is 4.74 Å². The van der Waals surface area contributed by atoms with E-state index in [1.807, 2.05) is 6.07 Å². The van der Waals surface area contributed by atoms with Crippen LogP contribution in [0.25, 0.3) is 0 Å². The van der Waals surface area contributed by atoms with Crippen molar-refractivity contribution in [1.29, 1.82) is 0 Å². The van der Waals surface area contributed by atoms with Crippen molar-refractivity contribution in [3.63, 3.8) is 0 Å². The van der Waals surface area contributed by atoms with E-state index < -0.39 is 5.97 Å². The van der Waals surface area contributed by atoms with Crippen molar-refractivity contribution in [3.05, 3.63) is 53.9 Å². The Bertz CT molecular complexity index is 782. The molecule has 1 aromatic carbocycles. The molecule has 0 unspecified atom stereocenters. The topological polar surface area (TPSA) is 80.3 Å². The van der Waals surface area contributed by atoms with E-state index in [-0.39, 0.29) is 11.9 Å². The van der Waals surface area contributed by atoms with Gasteiger partial charge < -0.3 is 15.4 Å². The zero-order valence-electron chi connectivity index (χ0n) is 15.5. The lowest BCUT2D eigenvalue weighted by atomic mass is 10.1. The number of rotatable bonds is 5. The van der Waals surface area contributed by atoms with Crippen LogP contribution < -0.4 is 10.6 Å². The summed E-state index contributed by atoms with van der Waals surface area (Å²) in [6.45, 7) is 0. The number of hydrogen-bond acceptors (Lipinski definition) is 5. The van der Waals surface area contributed by atoms with E-state index in [0.717, 1.165) is 12.8 Å². The van der Waals surface area contributed by atoms with Gasteiger partial charge in [0.1, 0.15) is 5.69 Å². The number of carbonyl (C=O) groups is 2. The molecule has 142 valence electrons. The number of ether oxygens (including phenoxy) is 1. The summed E-state index contributed by atoms with van der Waals surface area (Å²) >= 11 is 0. The van der Waals surface area contributed by atoms with Crippen molar-refractivity contribution < 1.29 is 14.3 Å². The van der Waals surface area contributed by atoms with E-state index in [0.29, 0.717) is 22.6 Å². The second-order valence-electron chi connectivity index (χ2n) is 6.76. The Kier molecular flexibility index (Phi) is 6.41. The van der Waals surface area contributed by atoms with Crippen LogP contribution >= 0.6 is 0 Å². The third-order valence-electron chi connectivity index (χ3n) is 4.80. The lowest BCUT2D eigenvalue weighted by Crippen LogP contribution is -2.34. The summed E-state index contributed by atoms with van der Waals surface area (Å²) in [7, 11) is 1.35. The Balaban J connectivity index is 1.65. The number of nitrogens with one attached hydrogen (secondary N) is 2. The van der Waals surface area contributed by atoms with E-state index in [4.69, 9.17) is 4.74 Å². The largest absolute Gasteiger partial charge is 0.465 e. The lowest BCUT2D eigenvalue weighted by Gasteiger charge is -2.16. The fourth-order valence-electron chi connectivity index (χ4n) is 3.32. The molecule has 0 saturated heterocycles. The van der Waals surface area contributed by atoms with Gasteiger partial charge in [-0.05, 0) is 37.1 Å².